The van der Waals surface area contributed by atoms with Crippen LogP contribution in [0, 0.1) is 68.0 Å². The lowest BCUT2D eigenvalue weighted by atomic mass is 9.97. The van der Waals surface area contributed by atoms with Crippen LogP contribution in [0.4, 0.5) is 34.1 Å². The van der Waals surface area contributed by atoms with Gasteiger partial charge in [0.15, 0.2) is 29.2 Å². The summed E-state index contributed by atoms with van der Waals surface area (Å²) in [4.78, 5) is 8.61. The Hall–Kier alpha value is -4.98. The van der Waals surface area contributed by atoms with Gasteiger partial charge in [-0.05, 0) is 0 Å². The highest BCUT2D eigenvalue weighted by atomic mass is 15.2. The molecule has 30 heavy (non-hydrogen) atoms. The van der Waals surface area contributed by atoms with Gasteiger partial charge >= 0.3 is 0 Å². The molecule has 1 aromatic rings. The molecule has 4 unspecified atom stereocenters. The first-order valence-corrected chi connectivity index (χ1v) is 8.62. The molecule has 0 aliphatic carbocycles. The molecule has 140 valence electrons. The number of nitrogens with one attached hydrogen (secondary N) is 2. The average Bonchev–Trinajstić information content (AvgIpc) is 2.81. The average molecular weight is 394 g/mol. The number of anilines is 2. The molecule has 12 heteroatoms. The molecule has 12 nitrogen and oxygen atoms in total. The van der Waals surface area contributed by atoms with Crippen molar-refractivity contribution >= 4 is 45.5 Å². The molecule has 0 bridgehead atoms. The Morgan fingerprint density at radius 3 is 2.03 bits per heavy atom. The molecule has 3 aliphatic rings. The number of fused-ring (bicyclic) bond motifs is 6. The van der Waals surface area contributed by atoms with Crippen LogP contribution >= 0.6 is 0 Å². The Bertz CT molecular complexity index is 1190. The molecule has 0 spiro atoms. The van der Waals surface area contributed by atoms with E-state index in [1.165, 1.54) is 0 Å². The minimum Gasteiger partial charge on any atom is -0.361 e. The second-order valence-corrected chi connectivity index (χ2v) is 6.54. The van der Waals surface area contributed by atoms with Gasteiger partial charge < -0.3 is 10.6 Å². The quantitative estimate of drug-likeness (QED) is 0.386. The van der Waals surface area contributed by atoms with Gasteiger partial charge in [-0.25, -0.2) is 9.98 Å². The van der Waals surface area contributed by atoms with Crippen molar-refractivity contribution in [2.24, 2.45) is 9.98 Å². The zero-order valence-electron chi connectivity index (χ0n) is 15.0. The monoisotopic (exact) mass is 394 g/mol. The SMILES string of the molecule is N#CC1=Nc2c3c(c4c(c2NC1C#N)NC(C#N)C(C#N)[NH2+]4)[NH2+]C(C#N)C(C#N)=N3. The van der Waals surface area contributed by atoms with Gasteiger partial charge in [0, 0.05) is 0 Å². The number of nitriles is 6. The van der Waals surface area contributed by atoms with E-state index in [-0.39, 0.29) is 22.8 Å². The third kappa shape index (κ3) is 2.49. The Balaban J connectivity index is 2.06. The second kappa shape index (κ2) is 6.88. The number of benzene rings is 1. The molecule has 1 aromatic carbocycles. The topological polar surface area (TPSA) is 225 Å². The van der Waals surface area contributed by atoms with E-state index < -0.39 is 24.2 Å². The standard InChI is InChI=1S/C18H8N12/c19-1-7-8(2-20)26-14-13(25-7)15-17(29-10(4-22)9(3-21)27-15)18-16(14)28-11(5-23)12(6-24)30-18/h7-9,11,25-28H/p+2. The van der Waals surface area contributed by atoms with Crippen molar-refractivity contribution in [1.82, 2.24) is 0 Å². The Morgan fingerprint density at radius 1 is 0.700 bits per heavy atom. The van der Waals surface area contributed by atoms with Gasteiger partial charge in [0.2, 0.25) is 23.5 Å². The number of hydrogen-bond acceptors (Lipinski definition) is 10. The van der Waals surface area contributed by atoms with Crippen molar-refractivity contribution in [2.45, 2.75) is 24.2 Å². The van der Waals surface area contributed by atoms with Crippen LogP contribution in [0.2, 0.25) is 0 Å². The fraction of sp³-hybridized carbons (Fsp3) is 0.222. The lowest BCUT2D eigenvalue weighted by Crippen LogP contribution is -2.94. The van der Waals surface area contributed by atoms with Crippen LogP contribution in [0.3, 0.4) is 0 Å². The van der Waals surface area contributed by atoms with E-state index in [2.05, 4.69) is 26.7 Å². The molecule has 0 fully saturated rings. The molecule has 6 N–H and O–H groups in total. The van der Waals surface area contributed by atoms with Crippen molar-refractivity contribution in [2.75, 3.05) is 10.6 Å². The first-order valence-electron chi connectivity index (χ1n) is 8.62. The smallest absolute Gasteiger partial charge is 0.231 e. The molecular formula is C18H10N12+2. The summed E-state index contributed by atoms with van der Waals surface area (Å²) in [5, 5.41) is 65.6. The van der Waals surface area contributed by atoms with Gasteiger partial charge in [-0.2, -0.15) is 31.6 Å². The van der Waals surface area contributed by atoms with Gasteiger partial charge in [0.05, 0.1) is 17.8 Å². The van der Waals surface area contributed by atoms with E-state index in [4.69, 9.17) is 0 Å². The van der Waals surface area contributed by atoms with Gasteiger partial charge in [0.25, 0.3) is 0 Å². The predicted molar refractivity (Wildman–Crippen MR) is 99.9 cm³/mol. The highest BCUT2D eigenvalue weighted by Crippen LogP contribution is 2.52. The van der Waals surface area contributed by atoms with Gasteiger partial charge in [-0.3, -0.25) is 10.6 Å². The van der Waals surface area contributed by atoms with Crippen LogP contribution in [0.5, 0.6) is 0 Å². The van der Waals surface area contributed by atoms with Crippen molar-refractivity contribution in [1.29, 1.82) is 31.6 Å². The number of quaternary nitrogens is 2. The zero-order valence-corrected chi connectivity index (χ0v) is 15.0. The maximum atomic E-state index is 9.46. The second-order valence-electron chi connectivity index (χ2n) is 6.54. The first-order chi connectivity index (χ1) is 14.6. The maximum Gasteiger partial charge on any atom is 0.231 e. The van der Waals surface area contributed by atoms with Gasteiger partial charge in [-0.15, -0.1) is 0 Å². The summed E-state index contributed by atoms with van der Waals surface area (Å²) >= 11 is 0. The van der Waals surface area contributed by atoms with Gasteiger partial charge in [-0.1, -0.05) is 0 Å². The molecule has 0 radical (unpaired) electrons. The van der Waals surface area contributed by atoms with Gasteiger partial charge in [0.1, 0.15) is 35.7 Å². The first kappa shape index (κ1) is 18.4. The van der Waals surface area contributed by atoms with E-state index in [1.807, 2.05) is 30.3 Å². The van der Waals surface area contributed by atoms with Crippen molar-refractivity contribution in [3.05, 3.63) is 0 Å². The summed E-state index contributed by atoms with van der Waals surface area (Å²) < 4.78 is 0. The Morgan fingerprint density at radius 2 is 1.43 bits per heavy atom. The maximum absolute atomic E-state index is 9.46. The summed E-state index contributed by atoms with van der Waals surface area (Å²) in [5.74, 6) is 0. The summed E-state index contributed by atoms with van der Waals surface area (Å²) in [6.07, 6.45) is 0. The molecular weight excluding hydrogens is 384 g/mol. The molecule has 3 heterocycles. The van der Waals surface area contributed by atoms with Crippen LogP contribution in [0.1, 0.15) is 0 Å². The Kier molecular flexibility index (Phi) is 4.22. The summed E-state index contributed by atoms with van der Waals surface area (Å²) in [6, 6.07) is 8.32. The highest BCUT2D eigenvalue weighted by Gasteiger charge is 2.44. The Labute approximate surface area is 169 Å². The molecule has 0 amide bonds. The van der Waals surface area contributed by atoms with Crippen LogP contribution in [-0.2, 0) is 0 Å². The molecule has 0 saturated heterocycles. The van der Waals surface area contributed by atoms with E-state index in [9.17, 15) is 31.6 Å². The van der Waals surface area contributed by atoms with Crippen molar-refractivity contribution in [3.63, 3.8) is 0 Å². The van der Waals surface area contributed by atoms with E-state index in [0.717, 1.165) is 0 Å². The fourth-order valence-electron chi connectivity index (χ4n) is 3.57. The van der Waals surface area contributed by atoms with E-state index >= 15 is 0 Å². The van der Waals surface area contributed by atoms with Crippen LogP contribution in [0.15, 0.2) is 9.98 Å². The number of aliphatic imine (C=N–C) groups is 2. The minimum absolute atomic E-state index is 0.0289. The zero-order chi connectivity index (χ0) is 21.4. The van der Waals surface area contributed by atoms with E-state index in [0.29, 0.717) is 22.7 Å². The van der Waals surface area contributed by atoms with Crippen molar-refractivity contribution < 1.29 is 10.6 Å². The number of nitrogens with two attached hydrogens (primary N) is 2. The minimum atomic E-state index is -1.01. The molecule has 4 rings (SSSR count). The largest absolute Gasteiger partial charge is 0.361 e. The molecule has 3 aliphatic heterocycles. The third-order valence-corrected chi connectivity index (χ3v) is 4.97. The number of nitrogens with zero attached hydrogens (tertiary/aromatic N) is 8. The highest BCUT2D eigenvalue weighted by molar-refractivity contribution is 6.16. The molecule has 0 aromatic heterocycles. The van der Waals surface area contributed by atoms with Crippen LogP contribution in [0.25, 0.3) is 0 Å². The normalized spacial score (nSPS) is 25.1. The number of rotatable bonds is 0. The fourth-order valence-corrected chi connectivity index (χ4v) is 3.57. The summed E-state index contributed by atoms with van der Waals surface area (Å²) in [6.45, 7) is 0. The van der Waals surface area contributed by atoms with E-state index in [1.54, 1.807) is 10.6 Å². The lowest BCUT2D eigenvalue weighted by Gasteiger charge is -2.31. The predicted octanol–water partition coefficient (Wildman–Crippen LogP) is -1.30. The number of hydrogen-bond donors (Lipinski definition) is 4. The summed E-state index contributed by atoms with van der Waals surface area (Å²) in [7, 11) is 0. The molecule has 0 saturated carbocycles. The molecule has 4 atom stereocenters. The summed E-state index contributed by atoms with van der Waals surface area (Å²) in [5.41, 5.74) is 2.12. The van der Waals surface area contributed by atoms with Crippen LogP contribution < -0.4 is 21.3 Å². The lowest BCUT2D eigenvalue weighted by molar-refractivity contribution is -0.624. The third-order valence-electron chi connectivity index (χ3n) is 4.97. The van der Waals surface area contributed by atoms with Crippen molar-refractivity contribution in [3.8, 4) is 36.4 Å². The van der Waals surface area contributed by atoms with Crippen LogP contribution in [-0.4, -0.2) is 35.6 Å².